The fraction of sp³-hybridized carbons (Fsp3) is 0.250. The van der Waals surface area contributed by atoms with E-state index in [4.69, 9.17) is 0 Å². The van der Waals surface area contributed by atoms with Crippen LogP contribution in [0.15, 0.2) is 30.6 Å². The van der Waals surface area contributed by atoms with Crippen LogP contribution >= 0.6 is 0 Å². The minimum Gasteiger partial charge on any atom is -0.378 e. The van der Waals surface area contributed by atoms with Gasteiger partial charge in [-0.25, -0.2) is 4.39 Å². The van der Waals surface area contributed by atoms with Crippen LogP contribution in [-0.2, 0) is 13.6 Å². The number of nitrogens with one attached hydrogen (secondary N) is 1. The fourth-order valence-corrected chi connectivity index (χ4v) is 1.54. The first-order valence-corrected chi connectivity index (χ1v) is 5.13. The van der Waals surface area contributed by atoms with E-state index in [-0.39, 0.29) is 5.82 Å². The van der Waals surface area contributed by atoms with E-state index in [1.165, 1.54) is 6.07 Å². The normalized spacial score (nSPS) is 10.4. The van der Waals surface area contributed by atoms with Crippen molar-refractivity contribution in [2.24, 2.45) is 7.05 Å². The Morgan fingerprint density at radius 2 is 2.25 bits per heavy atom. The molecule has 16 heavy (non-hydrogen) atoms. The molecule has 0 atom stereocenters. The van der Waals surface area contributed by atoms with Gasteiger partial charge in [-0.15, -0.1) is 0 Å². The largest absolute Gasteiger partial charge is 0.378 e. The highest BCUT2D eigenvalue weighted by molar-refractivity contribution is 5.40. The summed E-state index contributed by atoms with van der Waals surface area (Å²) in [7, 11) is 1.86. The van der Waals surface area contributed by atoms with E-state index in [1.54, 1.807) is 23.0 Å². The van der Waals surface area contributed by atoms with Crippen LogP contribution in [0, 0.1) is 12.7 Å². The molecule has 0 spiro atoms. The Morgan fingerprint density at radius 3 is 2.94 bits per heavy atom. The zero-order chi connectivity index (χ0) is 11.5. The minimum atomic E-state index is -0.200. The molecule has 0 aliphatic heterocycles. The molecule has 2 aromatic rings. The number of hydrogen-bond acceptors (Lipinski definition) is 2. The second kappa shape index (κ2) is 4.35. The molecule has 2 rings (SSSR count). The number of aromatic nitrogens is 2. The molecule has 1 aromatic heterocycles. The van der Waals surface area contributed by atoms with Crippen molar-refractivity contribution in [2.45, 2.75) is 13.5 Å². The van der Waals surface area contributed by atoms with Gasteiger partial charge in [0.25, 0.3) is 0 Å². The van der Waals surface area contributed by atoms with Gasteiger partial charge in [-0.2, -0.15) is 5.10 Å². The summed E-state index contributed by atoms with van der Waals surface area (Å²) in [6, 6.07) is 4.82. The number of halogens is 1. The standard InChI is InChI=1S/C12H14FN3/c1-9-3-4-11(13)5-10(9)6-14-12-7-15-16(2)8-12/h3-5,7-8,14H,6H2,1-2H3. The van der Waals surface area contributed by atoms with Crippen LogP contribution in [0.5, 0.6) is 0 Å². The van der Waals surface area contributed by atoms with Crippen LogP contribution in [0.2, 0.25) is 0 Å². The Kier molecular flexibility index (Phi) is 2.90. The summed E-state index contributed by atoms with van der Waals surface area (Å²) in [5.41, 5.74) is 2.98. The van der Waals surface area contributed by atoms with E-state index >= 15 is 0 Å². The van der Waals surface area contributed by atoms with Crippen LogP contribution in [0.3, 0.4) is 0 Å². The maximum absolute atomic E-state index is 13.0. The van der Waals surface area contributed by atoms with E-state index in [0.717, 1.165) is 16.8 Å². The number of anilines is 1. The van der Waals surface area contributed by atoms with Crippen molar-refractivity contribution in [1.29, 1.82) is 0 Å². The molecular formula is C12H14FN3. The molecule has 0 saturated heterocycles. The second-order valence-corrected chi connectivity index (χ2v) is 3.83. The van der Waals surface area contributed by atoms with Gasteiger partial charge in [0.1, 0.15) is 5.82 Å². The van der Waals surface area contributed by atoms with E-state index < -0.39 is 0 Å². The molecule has 1 aromatic carbocycles. The average molecular weight is 219 g/mol. The predicted octanol–water partition coefficient (Wildman–Crippen LogP) is 2.48. The lowest BCUT2D eigenvalue weighted by Gasteiger charge is -2.07. The molecule has 0 aliphatic carbocycles. The highest BCUT2D eigenvalue weighted by Crippen LogP contribution is 2.12. The zero-order valence-corrected chi connectivity index (χ0v) is 9.37. The molecule has 0 unspecified atom stereocenters. The van der Waals surface area contributed by atoms with Crippen LogP contribution in [-0.4, -0.2) is 9.78 Å². The lowest BCUT2D eigenvalue weighted by atomic mass is 10.1. The first-order chi connectivity index (χ1) is 7.65. The molecule has 1 N–H and O–H groups in total. The van der Waals surface area contributed by atoms with Crippen molar-refractivity contribution < 1.29 is 4.39 Å². The summed E-state index contributed by atoms with van der Waals surface area (Å²) >= 11 is 0. The van der Waals surface area contributed by atoms with Crippen molar-refractivity contribution >= 4 is 5.69 Å². The molecule has 0 bridgehead atoms. The highest BCUT2D eigenvalue weighted by Gasteiger charge is 2.01. The molecule has 0 aliphatic rings. The van der Waals surface area contributed by atoms with Crippen molar-refractivity contribution in [2.75, 3.05) is 5.32 Å². The first kappa shape index (κ1) is 10.7. The van der Waals surface area contributed by atoms with Gasteiger partial charge in [0.05, 0.1) is 11.9 Å². The smallest absolute Gasteiger partial charge is 0.123 e. The quantitative estimate of drug-likeness (QED) is 0.859. The van der Waals surface area contributed by atoms with E-state index in [1.807, 2.05) is 20.2 Å². The Morgan fingerprint density at radius 1 is 1.44 bits per heavy atom. The number of benzene rings is 1. The molecule has 4 heteroatoms. The van der Waals surface area contributed by atoms with Gasteiger partial charge in [-0.05, 0) is 30.2 Å². The van der Waals surface area contributed by atoms with Gasteiger partial charge in [-0.3, -0.25) is 4.68 Å². The zero-order valence-electron chi connectivity index (χ0n) is 9.37. The second-order valence-electron chi connectivity index (χ2n) is 3.83. The topological polar surface area (TPSA) is 29.9 Å². The molecule has 0 saturated carbocycles. The first-order valence-electron chi connectivity index (χ1n) is 5.13. The van der Waals surface area contributed by atoms with Crippen molar-refractivity contribution in [1.82, 2.24) is 9.78 Å². The summed E-state index contributed by atoms with van der Waals surface area (Å²) < 4.78 is 14.8. The summed E-state index contributed by atoms with van der Waals surface area (Å²) in [5, 5.41) is 7.25. The summed E-state index contributed by atoms with van der Waals surface area (Å²) in [4.78, 5) is 0. The van der Waals surface area contributed by atoms with Gasteiger partial charge < -0.3 is 5.32 Å². The van der Waals surface area contributed by atoms with Crippen molar-refractivity contribution in [3.8, 4) is 0 Å². The third-order valence-electron chi connectivity index (χ3n) is 2.50. The molecule has 84 valence electrons. The van der Waals surface area contributed by atoms with Gasteiger partial charge in [-0.1, -0.05) is 6.07 Å². The molecule has 0 amide bonds. The highest BCUT2D eigenvalue weighted by atomic mass is 19.1. The Balaban J connectivity index is 2.07. The number of nitrogens with zero attached hydrogens (tertiary/aromatic N) is 2. The van der Waals surface area contributed by atoms with Gasteiger partial charge >= 0.3 is 0 Å². The number of rotatable bonds is 3. The van der Waals surface area contributed by atoms with E-state index in [0.29, 0.717) is 6.54 Å². The molecule has 3 nitrogen and oxygen atoms in total. The van der Waals surface area contributed by atoms with Crippen LogP contribution in [0.1, 0.15) is 11.1 Å². The molecule has 1 heterocycles. The van der Waals surface area contributed by atoms with E-state index in [9.17, 15) is 4.39 Å². The molecule has 0 fully saturated rings. The SMILES string of the molecule is Cc1ccc(F)cc1CNc1cnn(C)c1. The third kappa shape index (κ3) is 2.39. The number of aryl methyl sites for hydroxylation is 2. The van der Waals surface area contributed by atoms with E-state index in [2.05, 4.69) is 10.4 Å². The summed E-state index contributed by atoms with van der Waals surface area (Å²) in [6.07, 6.45) is 3.63. The lowest BCUT2D eigenvalue weighted by Crippen LogP contribution is -2.01. The minimum absolute atomic E-state index is 0.200. The monoisotopic (exact) mass is 219 g/mol. The average Bonchev–Trinajstić information content (AvgIpc) is 2.66. The van der Waals surface area contributed by atoms with Gasteiger partial charge in [0.15, 0.2) is 0 Å². The van der Waals surface area contributed by atoms with Crippen molar-refractivity contribution in [3.05, 3.63) is 47.5 Å². The Hall–Kier alpha value is -1.84. The summed E-state index contributed by atoms with van der Waals surface area (Å²) in [6.45, 7) is 2.58. The van der Waals surface area contributed by atoms with Gasteiger partial charge in [0, 0.05) is 19.8 Å². The fourth-order valence-electron chi connectivity index (χ4n) is 1.54. The van der Waals surface area contributed by atoms with Crippen LogP contribution in [0.25, 0.3) is 0 Å². The maximum atomic E-state index is 13.0. The molecular weight excluding hydrogens is 205 g/mol. The predicted molar refractivity (Wildman–Crippen MR) is 61.7 cm³/mol. The van der Waals surface area contributed by atoms with Crippen LogP contribution < -0.4 is 5.32 Å². The molecule has 0 radical (unpaired) electrons. The van der Waals surface area contributed by atoms with Crippen molar-refractivity contribution in [3.63, 3.8) is 0 Å². The van der Waals surface area contributed by atoms with Crippen LogP contribution in [0.4, 0.5) is 10.1 Å². The number of hydrogen-bond donors (Lipinski definition) is 1. The Bertz CT molecular complexity index is 491. The van der Waals surface area contributed by atoms with Gasteiger partial charge in [0.2, 0.25) is 0 Å². The maximum Gasteiger partial charge on any atom is 0.123 e. The Labute approximate surface area is 93.9 Å². The summed E-state index contributed by atoms with van der Waals surface area (Å²) in [5.74, 6) is -0.200. The third-order valence-corrected chi connectivity index (χ3v) is 2.50. The lowest BCUT2D eigenvalue weighted by molar-refractivity contribution is 0.625.